The summed E-state index contributed by atoms with van der Waals surface area (Å²) in [5.74, 6) is -0.506. The summed E-state index contributed by atoms with van der Waals surface area (Å²) in [6.07, 6.45) is 0.961. The first-order chi connectivity index (χ1) is 9.26. The third kappa shape index (κ3) is 3.23. The van der Waals surface area contributed by atoms with Gasteiger partial charge in [-0.05, 0) is 45.9 Å². The third-order valence-electron chi connectivity index (χ3n) is 2.61. The molecule has 1 amide bonds. The van der Waals surface area contributed by atoms with Gasteiger partial charge in [0.25, 0.3) is 0 Å². The van der Waals surface area contributed by atoms with Gasteiger partial charge in [0.05, 0.1) is 5.69 Å². The Kier molecular flexibility index (Phi) is 3.61. The SMILES string of the molecule is Cc1cc2c(NC(=O)OC(C)(C)C)c(F)ccc2cn1. The number of nitrogens with zero attached hydrogens (tertiary/aromatic N) is 1. The summed E-state index contributed by atoms with van der Waals surface area (Å²) in [4.78, 5) is 15.9. The highest BCUT2D eigenvalue weighted by Crippen LogP contribution is 2.27. The van der Waals surface area contributed by atoms with Crippen LogP contribution >= 0.6 is 0 Å². The van der Waals surface area contributed by atoms with E-state index in [1.165, 1.54) is 6.07 Å². The largest absolute Gasteiger partial charge is 0.444 e. The first kappa shape index (κ1) is 14.2. The Bertz CT molecular complexity index is 657. The topological polar surface area (TPSA) is 51.2 Å². The number of carbonyl (C=O) groups is 1. The van der Waals surface area contributed by atoms with Crippen molar-refractivity contribution < 1.29 is 13.9 Å². The van der Waals surface area contributed by atoms with Crippen LogP contribution in [0.2, 0.25) is 0 Å². The van der Waals surface area contributed by atoms with Crippen molar-refractivity contribution in [3.05, 3.63) is 35.9 Å². The number of amides is 1. The van der Waals surface area contributed by atoms with Crippen LogP contribution < -0.4 is 5.32 Å². The molecule has 0 unspecified atom stereocenters. The number of nitrogens with one attached hydrogen (secondary N) is 1. The van der Waals surface area contributed by atoms with Gasteiger partial charge in [-0.2, -0.15) is 0 Å². The second kappa shape index (κ2) is 5.07. The van der Waals surface area contributed by atoms with Crippen LogP contribution in [0, 0.1) is 12.7 Å². The average Bonchev–Trinajstić information content (AvgIpc) is 2.31. The molecule has 4 nitrogen and oxygen atoms in total. The number of hydrogen-bond acceptors (Lipinski definition) is 3. The fraction of sp³-hybridized carbons (Fsp3) is 0.333. The van der Waals surface area contributed by atoms with Gasteiger partial charge in [-0.25, -0.2) is 9.18 Å². The molecule has 0 aliphatic carbocycles. The van der Waals surface area contributed by atoms with Crippen molar-refractivity contribution in [2.45, 2.75) is 33.3 Å². The minimum absolute atomic E-state index is 0.113. The molecule has 0 aliphatic heterocycles. The number of carbonyl (C=O) groups excluding carboxylic acids is 1. The minimum Gasteiger partial charge on any atom is -0.444 e. The van der Waals surface area contributed by atoms with Gasteiger partial charge in [-0.15, -0.1) is 0 Å². The minimum atomic E-state index is -0.682. The number of benzene rings is 1. The maximum atomic E-state index is 14.0. The molecule has 5 heteroatoms. The summed E-state index contributed by atoms with van der Waals surface area (Å²) in [5.41, 5.74) is 0.223. The zero-order chi connectivity index (χ0) is 14.9. The summed E-state index contributed by atoms with van der Waals surface area (Å²) in [7, 11) is 0. The summed E-state index contributed by atoms with van der Waals surface area (Å²) in [6.45, 7) is 7.06. The molecular formula is C15H17FN2O2. The molecule has 1 heterocycles. The van der Waals surface area contributed by atoms with Crippen LogP contribution in [-0.4, -0.2) is 16.7 Å². The van der Waals surface area contributed by atoms with Crippen LogP contribution in [-0.2, 0) is 4.74 Å². The van der Waals surface area contributed by atoms with Crippen molar-refractivity contribution in [3.63, 3.8) is 0 Å². The van der Waals surface area contributed by atoms with Crippen LogP contribution in [0.15, 0.2) is 24.4 Å². The van der Waals surface area contributed by atoms with Gasteiger partial charge in [-0.1, -0.05) is 0 Å². The van der Waals surface area contributed by atoms with Crippen LogP contribution in [0.25, 0.3) is 10.8 Å². The fourth-order valence-electron chi connectivity index (χ4n) is 1.83. The van der Waals surface area contributed by atoms with E-state index < -0.39 is 17.5 Å². The Hall–Kier alpha value is -2.17. The van der Waals surface area contributed by atoms with Gasteiger partial charge < -0.3 is 4.74 Å². The average molecular weight is 276 g/mol. The van der Waals surface area contributed by atoms with Gasteiger partial charge in [0.15, 0.2) is 0 Å². The van der Waals surface area contributed by atoms with Crippen molar-refractivity contribution in [2.75, 3.05) is 5.32 Å². The number of anilines is 1. The Morgan fingerprint density at radius 3 is 2.70 bits per heavy atom. The zero-order valence-electron chi connectivity index (χ0n) is 12.0. The summed E-state index contributed by atoms with van der Waals surface area (Å²) in [6, 6.07) is 4.65. The zero-order valence-corrected chi connectivity index (χ0v) is 12.0. The molecule has 0 fully saturated rings. The maximum Gasteiger partial charge on any atom is 0.412 e. The molecule has 2 rings (SSSR count). The summed E-state index contributed by atoms with van der Waals surface area (Å²) in [5, 5.41) is 3.83. The van der Waals surface area contributed by atoms with Gasteiger partial charge in [-0.3, -0.25) is 10.3 Å². The molecule has 0 spiro atoms. The normalized spacial score (nSPS) is 11.4. The molecular weight excluding hydrogens is 259 g/mol. The van der Waals surface area contributed by atoms with E-state index in [9.17, 15) is 9.18 Å². The predicted molar refractivity (Wildman–Crippen MR) is 76.3 cm³/mol. The molecule has 20 heavy (non-hydrogen) atoms. The first-order valence-corrected chi connectivity index (χ1v) is 6.31. The monoisotopic (exact) mass is 276 g/mol. The molecule has 0 saturated heterocycles. The molecule has 0 atom stereocenters. The highest BCUT2D eigenvalue weighted by Gasteiger charge is 2.18. The van der Waals surface area contributed by atoms with Crippen molar-refractivity contribution in [1.82, 2.24) is 4.98 Å². The molecule has 1 aromatic carbocycles. The second-order valence-corrected chi connectivity index (χ2v) is 5.60. The van der Waals surface area contributed by atoms with Crippen molar-refractivity contribution in [3.8, 4) is 0 Å². The number of halogens is 1. The number of rotatable bonds is 1. The van der Waals surface area contributed by atoms with E-state index in [1.807, 2.05) is 6.92 Å². The highest BCUT2D eigenvalue weighted by molar-refractivity contribution is 6.00. The third-order valence-corrected chi connectivity index (χ3v) is 2.61. The Morgan fingerprint density at radius 1 is 1.35 bits per heavy atom. The van der Waals surface area contributed by atoms with Gasteiger partial charge in [0, 0.05) is 22.7 Å². The number of aryl methyl sites for hydroxylation is 1. The van der Waals surface area contributed by atoms with E-state index in [2.05, 4.69) is 10.3 Å². The number of ether oxygens (including phenoxy) is 1. The van der Waals surface area contributed by atoms with Crippen molar-refractivity contribution in [2.24, 2.45) is 0 Å². The maximum absolute atomic E-state index is 14.0. The number of pyridine rings is 1. The number of hydrogen-bond donors (Lipinski definition) is 1. The van der Waals surface area contributed by atoms with Crippen LogP contribution in [0.1, 0.15) is 26.5 Å². The lowest BCUT2D eigenvalue weighted by Crippen LogP contribution is -2.27. The molecule has 2 aromatic rings. The van der Waals surface area contributed by atoms with Crippen molar-refractivity contribution >= 4 is 22.6 Å². The van der Waals surface area contributed by atoms with Crippen LogP contribution in [0.4, 0.5) is 14.9 Å². The molecule has 0 saturated carbocycles. The van der Waals surface area contributed by atoms with Crippen molar-refractivity contribution in [1.29, 1.82) is 0 Å². The molecule has 0 bridgehead atoms. The van der Waals surface area contributed by atoms with E-state index in [0.717, 1.165) is 11.1 Å². The van der Waals surface area contributed by atoms with Crippen LogP contribution in [0.3, 0.4) is 0 Å². The molecule has 106 valence electrons. The Balaban J connectivity index is 2.40. The van der Waals surface area contributed by atoms with E-state index >= 15 is 0 Å². The fourth-order valence-corrected chi connectivity index (χ4v) is 1.83. The van der Waals surface area contributed by atoms with E-state index in [-0.39, 0.29) is 5.69 Å². The first-order valence-electron chi connectivity index (χ1n) is 6.31. The van der Waals surface area contributed by atoms with Gasteiger partial charge in [0.1, 0.15) is 11.4 Å². The predicted octanol–water partition coefficient (Wildman–Crippen LogP) is 4.03. The standard InChI is InChI=1S/C15H17FN2O2/c1-9-7-11-10(8-17-9)5-6-12(16)13(11)18-14(19)20-15(2,3)4/h5-8H,1-4H3,(H,18,19). The molecule has 1 aromatic heterocycles. The highest BCUT2D eigenvalue weighted by atomic mass is 19.1. The van der Waals surface area contributed by atoms with Gasteiger partial charge >= 0.3 is 6.09 Å². The summed E-state index contributed by atoms with van der Waals surface area (Å²) >= 11 is 0. The number of aromatic nitrogens is 1. The van der Waals surface area contributed by atoms with E-state index in [1.54, 1.807) is 39.1 Å². The molecule has 1 N–H and O–H groups in total. The van der Waals surface area contributed by atoms with Crippen LogP contribution in [0.5, 0.6) is 0 Å². The second-order valence-electron chi connectivity index (χ2n) is 5.60. The molecule has 0 radical (unpaired) electrons. The Labute approximate surface area is 117 Å². The lowest BCUT2D eigenvalue weighted by Gasteiger charge is -2.20. The van der Waals surface area contributed by atoms with E-state index in [4.69, 9.17) is 4.74 Å². The number of fused-ring (bicyclic) bond motifs is 1. The molecule has 0 aliphatic rings. The lowest BCUT2D eigenvalue weighted by molar-refractivity contribution is 0.0635. The lowest BCUT2D eigenvalue weighted by atomic mass is 10.1. The quantitative estimate of drug-likeness (QED) is 0.855. The Morgan fingerprint density at radius 2 is 2.05 bits per heavy atom. The van der Waals surface area contributed by atoms with Gasteiger partial charge in [0.2, 0.25) is 0 Å². The smallest absolute Gasteiger partial charge is 0.412 e. The summed E-state index contributed by atoms with van der Waals surface area (Å²) < 4.78 is 19.1. The van der Waals surface area contributed by atoms with E-state index in [0.29, 0.717) is 5.39 Å².